The Balaban J connectivity index is 1.73. The third kappa shape index (κ3) is 7.50. The van der Waals surface area contributed by atoms with Gasteiger partial charge in [-0.1, -0.05) is 0 Å². The van der Waals surface area contributed by atoms with Gasteiger partial charge in [0, 0.05) is 0 Å². The number of benzene rings is 1. The Morgan fingerprint density at radius 1 is 1.00 bits per heavy atom. The SMILES string of the molecule is CC1(C)CCC(C)(C)c2cc([Se]c3ccc(C(=O)O)cn3)c(OCCCCCO[Si](C)(C)C(C)(C)C)cc21. The van der Waals surface area contributed by atoms with Crippen LogP contribution < -0.4 is 13.8 Å². The van der Waals surface area contributed by atoms with Crippen LogP contribution in [0.15, 0.2) is 30.5 Å². The summed E-state index contributed by atoms with van der Waals surface area (Å²) in [5, 5.41) is 9.48. The van der Waals surface area contributed by atoms with Gasteiger partial charge in [-0.05, 0) is 0 Å². The first-order valence-electron chi connectivity index (χ1n) is 13.9. The number of aromatic nitrogens is 1. The molecule has 0 bridgehead atoms. The molecule has 0 amide bonds. The number of ether oxygens (including phenoxy) is 1. The van der Waals surface area contributed by atoms with Gasteiger partial charge in [0.25, 0.3) is 0 Å². The Kier molecular flexibility index (Phi) is 9.61. The van der Waals surface area contributed by atoms with Crippen LogP contribution in [-0.4, -0.2) is 52.5 Å². The van der Waals surface area contributed by atoms with E-state index in [0.717, 1.165) is 49.1 Å². The van der Waals surface area contributed by atoms with E-state index in [0.29, 0.717) is 6.61 Å². The first kappa shape index (κ1) is 30.9. The van der Waals surface area contributed by atoms with Crippen molar-refractivity contribution >= 4 is 38.3 Å². The Morgan fingerprint density at radius 3 is 2.16 bits per heavy atom. The van der Waals surface area contributed by atoms with Gasteiger partial charge in [-0.2, -0.15) is 0 Å². The Morgan fingerprint density at radius 2 is 1.61 bits per heavy atom. The summed E-state index contributed by atoms with van der Waals surface area (Å²) in [5.41, 5.74) is 3.23. The molecule has 0 fully saturated rings. The van der Waals surface area contributed by atoms with Crippen LogP contribution >= 0.6 is 0 Å². The van der Waals surface area contributed by atoms with Crippen molar-refractivity contribution in [3.05, 3.63) is 47.2 Å². The number of nitrogens with zero attached hydrogens (tertiary/aromatic N) is 1. The summed E-state index contributed by atoms with van der Waals surface area (Å²) in [7, 11) is -1.69. The molecule has 1 heterocycles. The van der Waals surface area contributed by atoms with Crippen LogP contribution in [0.5, 0.6) is 5.75 Å². The number of carbonyl (C=O) groups is 1. The van der Waals surface area contributed by atoms with Crippen molar-refractivity contribution in [2.45, 2.75) is 110 Å². The molecule has 1 aromatic heterocycles. The average Bonchev–Trinajstić information content (AvgIpc) is 2.81. The summed E-state index contributed by atoms with van der Waals surface area (Å²) >= 11 is -0.0872. The van der Waals surface area contributed by atoms with Crippen LogP contribution in [0.25, 0.3) is 0 Å². The Bertz CT molecular complexity index is 1120. The quantitative estimate of drug-likeness (QED) is 0.239. The van der Waals surface area contributed by atoms with Gasteiger partial charge >= 0.3 is 238 Å². The Hall–Kier alpha value is -1.66. The molecule has 5 nitrogen and oxygen atoms in total. The molecule has 0 radical (unpaired) electrons. The molecule has 0 aliphatic heterocycles. The third-order valence-corrected chi connectivity index (χ3v) is 15.0. The van der Waals surface area contributed by atoms with Crippen molar-refractivity contribution in [2.24, 2.45) is 0 Å². The number of carboxylic acid groups (broad SMARTS) is 1. The molecule has 3 rings (SSSR count). The summed E-state index contributed by atoms with van der Waals surface area (Å²) in [6.45, 7) is 22.3. The van der Waals surface area contributed by atoms with E-state index < -0.39 is 14.3 Å². The van der Waals surface area contributed by atoms with Crippen LogP contribution in [0.3, 0.4) is 0 Å². The zero-order valence-electron chi connectivity index (χ0n) is 24.9. The fourth-order valence-electron chi connectivity index (χ4n) is 4.55. The van der Waals surface area contributed by atoms with E-state index >= 15 is 0 Å². The summed E-state index contributed by atoms with van der Waals surface area (Å²) in [6, 6.07) is 8.12. The number of hydrogen-bond acceptors (Lipinski definition) is 4. The molecule has 1 aliphatic carbocycles. The first-order valence-corrected chi connectivity index (χ1v) is 18.5. The van der Waals surface area contributed by atoms with Crippen molar-refractivity contribution in [3.8, 4) is 5.75 Å². The van der Waals surface area contributed by atoms with Gasteiger partial charge in [0.15, 0.2) is 0 Å². The summed E-state index contributed by atoms with van der Waals surface area (Å²) < 4.78 is 14.9. The van der Waals surface area contributed by atoms with Gasteiger partial charge in [0.1, 0.15) is 0 Å². The number of rotatable bonds is 11. The van der Waals surface area contributed by atoms with Crippen LogP contribution in [0.2, 0.25) is 18.1 Å². The predicted octanol–water partition coefficient (Wildman–Crippen LogP) is 6.35. The average molecular weight is 605 g/mol. The zero-order valence-corrected chi connectivity index (χ0v) is 27.6. The standard InChI is InChI=1S/C31H47NO4SeSi/c1-29(2,3)38(8,9)36-18-12-10-11-17-35-25-19-23-24(31(6,7)16-15-30(23,4)5)20-26(25)37-27-14-13-22(21-32-27)28(33)34/h13-14,19-21H,10-12,15-18H2,1-9H3,(H,33,34). The second kappa shape index (κ2) is 11.8. The molecule has 0 saturated carbocycles. The van der Waals surface area contributed by atoms with Crippen LogP contribution in [0.1, 0.15) is 102 Å². The minimum atomic E-state index is -1.69. The third-order valence-electron chi connectivity index (χ3n) is 8.43. The molecule has 1 aliphatic rings. The topological polar surface area (TPSA) is 68.7 Å². The van der Waals surface area contributed by atoms with Crippen molar-refractivity contribution in [3.63, 3.8) is 0 Å². The number of pyridine rings is 1. The molecule has 0 saturated heterocycles. The van der Waals surface area contributed by atoms with E-state index in [1.165, 1.54) is 21.8 Å². The van der Waals surface area contributed by atoms with Crippen molar-refractivity contribution < 1.29 is 19.1 Å². The van der Waals surface area contributed by atoms with Crippen LogP contribution in [0, 0.1) is 0 Å². The van der Waals surface area contributed by atoms with E-state index in [9.17, 15) is 9.90 Å². The van der Waals surface area contributed by atoms with Gasteiger partial charge in [0.2, 0.25) is 0 Å². The summed E-state index contributed by atoms with van der Waals surface area (Å²) in [4.78, 5) is 15.7. The van der Waals surface area contributed by atoms with Gasteiger partial charge in [-0.25, -0.2) is 0 Å². The number of hydrogen-bond donors (Lipinski definition) is 1. The van der Waals surface area contributed by atoms with Crippen LogP contribution in [-0.2, 0) is 15.3 Å². The molecule has 1 N–H and O–H groups in total. The number of carboxylic acids is 1. The fourth-order valence-corrected chi connectivity index (χ4v) is 7.45. The Labute approximate surface area is 237 Å². The number of unbranched alkanes of at least 4 members (excludes halogenated alkanes) is 2. The maximum absolute atomic E-state index is 11.3. The van der Waals surface area contributed by atoms with Crippen molar-refractivity contribution in [1.82, 2.24) is 4.98 Å². The number of aromatic carboxylic acids is 1. The van der Waals surface area contributed by atoms with Gasteiger partial charge in [-0.3, -0.25) is 0 Å². The molecule has 2 aromatic rings. The molecule has 0 atom stereocenters. The normalized spacial score (nSPS) is 16.7. The zero-order chi connectivity index (χ0) is 28.4. The molecule has 38 heavy (non-hydrogen) atoms. The van der Waals surface area contributed by atoms with E-state index in [-0.39, 0.29) is 36.4 Å². The molecular formula is C31H47NO4SeSi. The fraction of sp³-hybridized carbons (Fsp3) is 0.613. The van der Waals surface area contributed by atoms with Gasteiger partial charge < -0.3 is 0 Å². The summed E-state index contributed by atoms with van der Waals surface area (Å²) in [6.07, 6.45) is 6.89. The predicted molar refractivity (Wildman–Crippen MR) is 160 cm³/mol. The maximum atomic E-state index is 11.3. The second-order valence-corrected chi connectivity index (χ2v) is 20.5. The van der Waals surface area contributed by atoms with Crippen molar-refractivity contribution in [2.75, 3.05) is 13.2 Å². The van der Waals surface area contributed by atoms with E-state index in [4.69, 9.17) is 9.16 Å². The molecule has 7 heteroatoms. The van der Waals surface area contributed by atoms with Gasteiger partial charge in [0.05, 0.1) is 0 Å². The molecule has 0 unspecified atom stereocenters. The van der Waals surface area contributed by atoms with E-state index in [1.54, 1.807) is 6.07 Å². The second-order valence-electron chi connectivity index (χ2n) is 13.4. The van der Waals surface area contributed by atoms with Gasteiger partial charge in [-0.15, -0.1) is 0 Å². The van der Waals surface area contributed by atoms with Crippen molar-refractivity contribution in [1.29, 1.82) is 0 Å². The van der Waals surface area contributed by atoms with E-state index in [1.807, 2.05) is 6.07 Å². The monoisotopic (exact) mass is 605 g/mol. The van der Waals surface area contributed by atoms with E-state index in [2.05, 4.69) is 78.7 Å². The molecule has 1 aromatic carbocycles. The molecule has 0 spiro atoms. The summed E-state index contributed by atoms with van der Waals surface area (Å²) in [5.74, 6) is 0.00390. The molecular weight excluding hydrogens is 557 g/mol. The minimum absolute atomic E-state index is 0.0872. The first-order chi connectivity index (χ1) is 17.5. The molecule has 210 valence electrons. The van der Waals surface area contributed by atoms with Crippen LogP contribution in [0.4, 0.5) is 0 Å². The number of fused-ring (bicyclic) bond motifs is 1.